The molecule has 1 amide bonds. The molecule has 2 atom stereocenters. The highest BCUT2D eigenvalue weighted by Crippen LogP contribution is 2.33. The van der Waals surface area contributed by atoms with Crippen LogP contribution in [0.25, 0.3) is 11.3 Å². The molecule has 4 rings (SSSR count). The summed E-state index contributed by atoms with van der Waals surface area (Å²) < 4.78 is 0. The molecule has 2 aromatic heterocycles. The van der Waals surface area contributed by atoms with Gasteiger partial charge in [-0.25, -0.2) is 15.0 Å². The molecule has 0 unspecified atom stereocenters. The zero-order valence-corrected chi connectivity index (χ0v) is 15.2. The number of carbonyl (C=O) groups is 1. The molecule has 0 spiro atoms. The standard InChI is InChI=1S/C20H25N5O/c1-20-9-5-11-25(18(20)8-2-3-10-23-20)19(26)17-7-4-6-16(24-17)15-12-21-14-22-13-15/h4,6-7,12-14,18,23H,2-3,5,8-11H2,1H3/t18-,20-/m0/s1. The first-order valence-corrected chi connectivity index (χ1v) is 9.46. The van der Waals surface area contributed by atoms with Crippen LogP contribution < -0.4 is 5.32 Å². The summed E-state index contributed by atoms with van der Waals surface area (Å²) in [7, 11) is 0. The number of fused-ring (bicyclic) bond motifs is 1. The normalized spacial score (nSPS) is 26.0. The molecule has 0 radical (unpaired) electrons. The van der Waals surface area contributed by atoms with Gasteiger partial charge in [0.05, 0.1) is 5.69 Å². The third-order valence-corrected chi connectivity index (χ3v) is 5.73. The van der Waals surface area contributed by atoms with Crippen molar-refractivity contribution < 1.29 is 4.79 Å². The van der Waals surface area contributed by atoms with Crippen LogP contribution in [0.15, 0.2) is 36.9 Å². The van der Waals surface area contributed by atoms with Gasteiger partial charge in [-0.15, -0.1) is 0 Å². The molecule has 6 nitrogen and oxygen atoms in total. The second-order valence-corrected chi connectivity index (χ2v) is 7.49. The molecule has 2 saturated heterocycles. The molecule has 4 heterocycles. The average Bonchev–Trinajstić information content (AvgIpc) is 2.89. The van der Waals surface area contributed by atoms with Gasteiger partial charge in [0.25, 0.3) is 5.91 Å². The predicted octanol–water partition coefficient (Wildman–Crippen LogP) is 2.68. The zero-order chi connectivity index (χ0) is 18.0. The molecule has 2 fully saturated rings. The van der Waals surface area contributed by atoms with Gasteiger partial charge in [-0.1, -0.05) is 12.5 Å². The van der Waals surface area contributed by atoms with Crippen LogP contribution >= 0.6 is 0 Å². The van der Waals surface area contributed by atoms with E-state index in [2.05, 4.69) is 32.1 Å². The number of nitrogens with one attached hydrogen (secondary N) is 1. The lowest BCUT2D eigenvalue weighted by Gasteiger charge is -2.48. The number of pyridine rings is 1. The highest BCUT2D eigenvalue weighted by atomic mass is 16.2. The van der Waals surface area contributed by atoms with Crippen molar-refractivity contribution in [2.45, 2.75) is 50.6 Å². The Hall–Kier alpha value is -2.34. The Kier molecular flexibility index (Phi) is 4.68. The summed E-state index contributed by atoms with van der Waals surface area (Å²) in [5.74, 6) is 0.0309. The monoisotopic (exact) mass is 351 g/mol. The minimum Gasteiger partial charge on any atom is -0.332 e. The van der Waals surface area contributed by atoms with Crippen molar-refractivity contribution in [3.63, 3.8) is 0 Å². The lowest BCUT2D eigenvalue weighted by Crippen LogP contribution is -2.62. The number of hydrogen-bond donors (Lipinski definition) is 1. The number of piperidine rings is 1. The van der Waals surface area contributed by atoms with E-state index < -0.39 is 0 Å². The van der Waals surface area contributed by atoms with Gasteiger partial charge in [-0.05, 0) is 51.3 Å². The van der Waals surface area contributed by atoms with Gasteiger partial charge in [0.15, 0.2) is 0 Å². The van der Waals surface area contributed by atoms with Crippen LogP contribution in [0.5, 0.6) is 0 Å². The van der Waals surface area contributed by atoms with Crippen molar-refractivity contribution in [1.82, 2.24) is 25.2 Å². The Labute approximate surface area is 154 Å². The number of carbonyl (C=O) groups excluding carboxylic acids is 1. The molecular weight excluding hydrogens is 326 g/mol. The number of amides is 1. The summed E-state index contributed by atoms with van der Waals surface area (Å²) in [4.78, 5) is 28.0. The fourth-order valence-corrected chi connectivity index (χ4v) is 4.34. The summed E-state index contributed by atoms with van der Waals surface area (Å²) in [5.41, 5.74) is 2.06. The number of rotatable bonds is 2. The lowest BCUT2D eigenvalue weighted by molar-refractivity contribution is 0.0374. The smallest absolute Gasteiger partial charge is 0.272 e. The van der Waals surface area contributed by atoms with E-state index >= 15 is 0 Å². The topological polar surface area (TPSA) is 71.0 Å². The van der Waals surface area contributed by atoms with Gasteiger partial charge >= 0.3 is 0 Å². The summed E-state index contributed by atoms with van der Waals surface area (Å²) in [5, 5.41) is 3.70. The summed E-state index contributed by atoms with van der Waals surface area (Å²) >= 11 is 0. The van der Waals surface area contributed by atoms with Gasteiger partial charge in [0.1, 0.15) is 12.0 Å². The first kappa shape index (κ1) is 17.1. The van der Waals surface area contributed by atoms with Crippen LogP contribution in [-0.4, -0.2) is 50.4 Å². The molecule has 6 heteroatoms. The molecule has 0 aliphatic carbocycles. The third kappa shape index (κ3) is 3.21. The van der Waals surface area contributed by atoms with E-state index in [1.165, 1.54) is 12.7 Å². The molecule has 26 heavy (non-hydrogen) atoms. The van der Waals surface area contributed by atoms with Crippen molar-refractivity contribution in [3.05, 3.63) is 42.6 Å². The highest BCUT2D eigenvalue weighted by Gasteiger charge is 2.43. The SMILES string of the molecule is C[C@]12CCCN(C(=O)c3cccc(-c4cncnc4)n3)[C@H]1CCCCN2. The molecule has 0 aromatic carbocycles. The Morgan fingerprint density at radius 1 is 1.23 bits per heavy atom. The third-order valence-electron chi connectivity index (χ3n) is 5.73. The number of likely N-dealkylation sites (tertiary alicyclic amines) is 1. The van der Waals surface area contributed by atoms with Gasteiger partial charge < -0.3 is 10.2 Å². The van der Waals surface area contributed by atoms with E-state index in [-0.39, 0.29) is 17.5 Å². The largest absolute Gasteiger partial charge is 0.332 e. The van der Waals surface area contributed by atoms with Gasteiger partial charge in [-0.3, -0.25) is 4.79 Å². The predicted molar refractivity (Wildman–Crippen MR) is 99.6 cm³/mol. The molecular formula is C20H25N5O. The van der Waals surface area contributed by atoms with E-state index in [0.29, 0.717) is 5.69 Å². The van der Waals surface area contributed by atoms with Crippen LogP contribution in [0.3, 0.4) is 0 Å². The minimum atomic E-state index is 0.00922. The minimum absolute atomic E-state index is 0.00922. The summed E-state index contributed by atoms with van der Waals surface area (Å²) in [6.45, 7) is 4.12. The van der Waals surface area contributed by atoms with Crippen LogP contribution in [0.1, 0.15) is 49.5 Å². The van der Waals surface area contributed by atoms with Crippen molar-refractivity contribution in [3.8, 4) is 11.3 Å². The van der Waals surface area contributed by atoms with E-state index in [9.17, 15) is 4.79 Å². The second-order valence-electron chi connectivity index (χ2n) is 7.49. The maximum atomic E-state index is 13.3. The van der Waals surface area contributed by atoms with E-state index in [1.807, 2.05) is 18.2 Å². The maximum absolute atomic E-state index is 13.3. The molecule has 2 aliphatic heterocycles. The Morgan fingerprint density at radius 2 is 2.08 bits per heavy atom. The highest BCUT2D eigenvalue weighted by molar-refractivity contribution is 5.93. The van der Waals surface area contributed by atoms with Crippen molar-refractivity contribution >= 4 is 5.91 Å². The number of aromatic nitrogens is 3. The molecule has 2 aliphatic rings. The Balaban J connectivity index is 1.63. The first-order chi connectivity index (χ1) is 12.7. The van der Waals surface area contributed by atoms with Gasteiger partial charge in [-0.2, -0.15) is 0 Å². The summed E-state index contributed by atoms with van der Waals surface area (Å²) in [6, 6.07) is 5.82. The molecule has 0 bridgehead atoms. The van der Waals surface area contributed by atoms with E-state index in [4.69, 9.17) is 0 Å². The quantitative estimate of drug-likeness (QED) is 0.901. The fourth-order valence-electron chi connectivity index (χ4n) is 4.34. The molecule has 0 saturated carbocycles. The number of hydrogen-bond acceptors (Lipinski definition) is 5. The van der Waals surface area contributed by atoms with Gasteiger partial charge in [0, 0.05) is 36.1 Å². The average molecular weight is 351 g/mol. The number of nitrogens with zero attached hydrogens (tertiary/aromatic N) is 4. The van der Waals surface area contributed by atoms with Crippen molar-refractivity contribution in [2.24, 2.45) is 0 Å². The lowest BCUT2D eigenvalue weighted by atomic mass is 9.81. The molecule has 2 aromatic rings. The van der Waals surface area contributed by atoms with Crippen molar-refractivity contribution in [1.29, 1.82) is 0 Å². The first-order valence-electron chi connectivity index (χ1n) is 9.46. The van der Waals surface area contributed by atoms with Crippen LogP contribution in [0, 0.1) is 0 Å². The van der Waals surface area contributed by atoms with Crippen LogP contribution in [-0.2, 0) is 0 Å². The van der Waals surface area contributed by atoms with E-state index in [0.717, 1.165) is 50.0 Å². The van der Waals surface area contributed by atoms with Crippen LogP contribution in [0.4, 0.5) is 0 Å². The summed E-state index contributed by atoms with van der Waals surface area (Å²) in [6.07, 6.45) is 10.5. The van der Waals surface area contributed by atoms with E-state index in [1.54, 1.807) is 12.4 Å². The Bertz CT molecular complexity index is 781. The second kappa shape index (κ2) is 7.11. The van der Waals surface area contributed by atoms with Crippen molar-refractivity contribution in [2.75, 3.05) is 13.1 Å². The maximum Gasteiger partial charge on any atom is 0.272 e. The van der Waals surface area contributed by atoms with Gasteiger partial charge in [0.2, 0.25) is 0 Å². The molecule has 1 N–H and O–H groups in total. The van der Waals surface area contributed by atoms with Crippen LogP contribution in [0.2, 0.25) is 0 Å². The molecule has 136 valence electrons. The zero-order valence-electron chi connectivity index (χ0n) is 15.2. The fraction of sp³-hybridized carbons (Fsp3) is 0.500. The Morgan fingerprint density at radius 3 is 2.92 bits per heavy atom.